The van der Waals surface area contributed by atoms with Crippen LogP contribution in [-0.2, 0) is 4.57 Å². The van der Waals surface area contributed by atoms with Gasteiger partial charge in [0.1, 0.15) is 0 Å². The Morgan fingerprint density at radius 3 is 2.00 bits per heavy atom. The van der Waals surface area contributed by atoms with E-state index in [2.05, 4.69) is 5.32 Å². The van der Waals surface area contributed by atoms with Crippen LogP contribution in [-0.4, -0.2) is 28.5 Å². The summed E-state index contributed by atoms with van der Waals surface area (Å²) >= 11 is 0. The highest BCUT2D eigenvalue weighted by molar-refractivity contribution is 7.53. The molecule has 0 spiro atoms. The normalized spacial score (nSPS) is 13.7. The molecular weight excluding hydrogens is 153 g/mol. The molecule has 0 bridgehead atoms. The Bertz CT molecular complexity index is 151. The number of hydrogen-bond acceptors (Lipinski definition) is 2. The lowest BCUT2D eigenvalue weighted by Gasteiger charge is -2.24. The predicted molar refractivity (Wildman–Crippen MR) is 40.0 cm³/mol. The summed E-state index contributed by atoms with van der Waals surface area (Å²) in [5.74, 6) is 0. The van der Waals surface area contributed by atoms with Crippen LogP contribution in [0, 0.1) is 0 Å². The lowest BCUT2D eigenvalue weighted by Crippen LogP contribution is -2.32. The fraction of sp³-hybridized carbons (Fsp3) is 1.00. The van der Waals surface area contributed by atoms with Crippen molar-refractivity contribution in [1.82, 2.24) is 5.32 Å². The van der Waals surface area contributed by atoms with E-state index in [9.17, 15) is 4.57 Å². The van der Waals surface area contributed by atoms with Crippen LogP contribution in [0.3, 0.4) is 0 Å². The van der Waals surface area contributed by atoms with Crippen LogP contribution in [0.1, 0.15) is 13.8 Å². The lowest BCUT2D eigenvalue weighted by atomic mass is 10.2. The molecule has 0 unspecified atom stereocenters. The van der Waals surface area contributed by atoms with E-state index < -0.39 is 12.8 Å². The summed E-state index contributed by atoms with van der Waals surface area (Å²) in [7, 11) is -2.28. The van der Waals surface area contributed by atoms with Gasteiger partial charge in [-0.25, -0.2) is 0 Å². The molecule has 0 aromatic heterocycles. The molecule has 4 nitrogen and oxygen atoms in total. The molecule has 0 fully saturated rings. The highest BCUT2D eigenvalue weighted by atomic mass is 31.2. The van der Waals surface area contributed by atoms with Gasteiger partial charge in [-0.2, -0.15) is 0 Å². The van der Waals surface area contributed by atoms with E-state index in [-0.39, 0.29) is 0 Å². The van der Waals surface area contributed by atoms with Gasteiger partial charge in [0.15, 0.2) is 0 Å². The van der Waals surface area contributed by atoms with Crippen LogP contribution in [0.15, 0.2) is 0 Å². The fourth-order valence-electron chi connectivity index (χ4n) is 0.536. The minimum Gasteiger partial charge on any atom is -0.324 e. The molecule has 0 amide bonds. The van der Waals surface area contributed by atoms with E-state index in [0.29, 0.717) is 6.54 Å². The molecule has 62 valence electrons. The first-order valence-electron chi connectivity index (χ1n) is 3.01. The van der Waals surface area contributed by atoms with Crippen LogP contribution in [0.25, 0.3) is 0 Å². The molecule has 0 radical (unpaired) electrons. The van der Waals surface area contributed by atoms with Crippen LogP contribution in [0.2, 0.25) is 0 Å². The highest BCUT2D eigenvalue weighted by Crippen LogP contribution is 2.49. The van der Waals surface area contributed by atoms with E-state index in [0.717, 1.165) is 0 Å². The van der Waals surface area contributed by atoms with Gasteiger partial charge in [0.2, 0.25) is 0 Å². The van der Waals surface area contributed by atoms with Gasteiger partial charge in [-0.05, 0) is 20.9 Å². The van der Waals surface area contributed by atoms with Crippen molar-refractivity contribution in [2.45, 2.75) is 19.0 Å². The monoisotopic (exact) mass is 167 g/mol. The maximum atomic E-state index is 10.7. The van der Waals surface area contributed by atoms with E-state index in [1.54, 1.807) is 7.05 Å². The van der Waals surface area contributed by atoms with Crippen molar-refractivity contribution < 1.29 is 14.4 Å². The van der Waals surface area contributed by atoms with Gasteiger partial charge in [-0.3, -0.25) is 4.57 Å². The number of rotatable bonds is 3. The molecule has 0 heterocycles. The molecule has 0 aliphatic rings. The van der Waals surface area contributed by atoms with Gasteiger partial charge >= 0.3 is 7.60 Å². The van der Waals surface area contributed by atoms with Crippen LogP contribution >= 0.6 is 7.60 Å². The van der Waals surface area contributed by atoms with Gasteiger partial charge in [0.05, 0.1) is 5.16 Å². The van der Waals surface area contributed by atoms with Gasteiger partial charge in [-0.1, -0.05) is 0 Å². The molecule has 5 heteroatoms. The Balaban J connectivity index is 4.25. The Hall–Kier alpha value is 0.110. The first kappa shape index (κ1) is 10.1. The minimum atomic E-state index is -3.95. The van der Waals surface area contributed by atoms with Crippen LogP contribution < -0.4 is 5.32 Å². The maximum absolute atomic E-state index is 10.7. The molecule has 0 aliphatic heterocycles. The van der Waals surface area contributed by atoms with Crippen LogP contribution in [0.4, 0.5) is 0 Å². The average molecular weight is 167 g/mol. The molecular formula is C5H14NO3P. The summed E-state index contributed by atoms with van der Waals surface area (Å²) in [5, 5.41) is 1.77. The Morgan fingerprint density at radius 1 is 1.50 bits per heavy atom. The van der Waals surface area contributed by atoms with E-state index >= 15 is 0 Å². The zero-order valence-electron chi connectivity index (χ0n) is 6.46. The molecule has 0 saturated heterocycles. The van der Waals surface area contributed by atoms with Crippen molar-refractivity contribution in [3.05, 3.63) is 0 Å². The number of hydrogen-bond donors (Lipinski definition) is 3. The zero-order chi connectivity index (χ0) is 8.41. The molecule has 0 aromatic rings. The van der Waals surface area contributed by atoms with Gasteiger partial charge in [0, 0.05) is 6.54 Å². The van der Waals surface area contributed by atoms with Crippen molar-refractivity contribution in [3.63, 3.8) is 0 Å². The van der Waals surface area contributed by atoms with Crippen molar-refractivity contribution in [1.29, 1.82) is 0 Å². The summed E-state index contributed by atoms with van der Waals surface area (Å²) in [5.41, 5.74) is 0. The Kier molecular flexibility index (Phi) is 3.04. The van der Waals surface area contributed by atoms with Crippen molar-refractivity contribution in [3.8, 4) is 0 Å². The maximum Gasteiger partial charge on any atom is 0.332 e. The molecule has 0 saturated carbocycles. The fourth-order valence-corrected chi connectivity index (χ4v) is 0.900. The Morgan fingerprint density at radius 2 is 1.90 bits per heavy atom. The largest absolute Gasteiger partial charge is 0.332 e. The molecule has 10 heavy (non-hydrogen) atoms. The molecule has 0 atom stereocenters. The second kappa shape index (κ2) is 3.01. The summed E-state index contributed by atoms with van der Waals surface area (Å²) in [4.78, 5) is 17.5. The topological polar surface area (TPSA) is 69.6 Å². The minimum absolute atomic E-state index is 0.317. The average Bonchev–Trinajstić information content (AvgIpc) is 1.61. The summed E-state index contributed by atoms with van der Waals surface area (Å²) < 4.78 is 10.7. The third-order valence-corrected chi connectivity index (χ3v) is 3.13. The smallest absolute Gasteiger partial charge is 0.324 e. The highest BCUT2D eigenvalue weighted by Gasteiger charge is 2.36. The summed E-state index contributed by atoms with van der Waals surface area (Å²) in [6.45, 7) is 3.38. The van der Waals surface area contributed by atoms with Crippen molar-refractivity contribution >= 4 is 7.60 Å². The van der Waals surface area contributed by atoms with Crippen LogP contribution in [0.5, 0.6) is 0 Å². The first-order valence-corrected chi connectivity index (χ1v) is 4.63. The van der Waals surface area contributed by atoms with E-state index in [4.69, 9.17) is 9.79 Å². The van der Waals surface area contributed by atoms with E-state index in [1.807, 2.05) is 0 Å². The SMILES string of the molecule is CNCC(C)(C)P(=O)(O)O. The van der Waals surface area contributed by atoms with E-state index in [1.165, 1.54) is 13.8 Å². The second-order valence-corrected chi connectivity index (χ2v) is 5.19. The first-order chi connectivity index (χ1) is 4.31. The molecule has 3 N–H and O–H groups in total. The predicted octanol–water partition coefficient (Wildman–Crippen LogP) is 0.162. The standard InChI is InChI=1S/C5H14NO3P/c1-5(2,4-6-3)10(7,8)9/h6H,4H2,1-3H3,(H2,7,8,9). The third kappa shape index (κ3) is 2.39. The van der Waals surface area contributed by atoms with Gasteiger partial charge < -0.3 is 15.1 Å². The molecule has 0 rings (SSSR count). The Labute approximate surface area is 60.8 Å². The quantitative estimate of drug-likeness (QED) is 0.524. The van der Waals surface area contributed by atoms with Gasteiger partial charge in [0.25, 0.3) is 0 Å². The second-order valence-electron chi connectivity index (χ2n) is 2.89. The lowest BCUT2D eigenvalue weighted by molar-refractivity contribution is 0.333. The zero-order valence-corrected chi connectivity index (χ0v) is 7.35. The molecule has 0 aliphatic carbocycles. The summed E-state index contributed by atoms with van der Waals surface area (Å²) in [6.07, 6.45) is 0. The van der Waals surface area contributed by atoms with Crippen molar-refractivity contribution in [2.75, 3.05) is 13.6 Å². The molecule has 0 aromatic carbocycles. The third-order valence-electron chi connectivity index (χ3n) is 1.40. The summed E-state index contributed by atoms with van der Waals surface area (Å²) in [6, 6.07) is 0. The van der Waals surface area contributed by atoms with Crippen molar-refractivity contribution in [2.24, 2.45) is 0 Å². The van der Waals surface area contributed by atoms with Gasteiger partial charge in [-0.15, -0.1) is 0 Å². The number of nitrogens with one attached hydrogen (secondary N) is 1.